The van der Waals surface area contributed by atoms with Crippen molar-refractivity contribution in [1.82, 2.24) is 5.32 Å². The fourth-order valence-corrected chi connectivity index (χ4v) is 1.74. The molecule has 18 heavy (non-hydrogen) atoms. The number of hydrogen-bond donors (Lipinski definition) is 1. The van der Waals surface area contributed by atoms with Gasteiger partial charge in [-0.2, -0.15) is 0 Å². The molecular formula is C16H25NO. The summed E-state index contributed by atoms with van der Waals surface area (Å²) in [5, 5.41) is 3.23. The molecule has 0 aliphatic heterocycles. The van der Waals surface area contributed by atoms with Crippen LogP contribution in [0.5, 0.6) is 0 Å². The van der Waals surface area contributed by atoms with Gasteiger partial charge in [-0.25, -0.2) is 0 Å². The van der Waals surface area contributed by atoms with E-state index in [9.17, 15) is 4.79 Å². The number of carbonyl (C=O) groups excluding carboxylic acids is 1. The first-order chi connectivity index (χ1) is 8.52. The van der Waals surface area contributed by atoms with Crippen LogP contribution in [0.15, 0.2) is 24.3 Å². The molecule has 1 aromatic carbocycles. The molecule has 1 aromatic rings. The van der Waals surface area contributed by atoms with Crippen LogP contribution in [0.3, 0.4) is 0 Å². The summed E-state index contributed by atoms with van der Waals surface area (Å²) in [5.74, 6) is 0.800. The molecular weight excluding hydrogens is 222 g/mol. The van der Waals surface area contributed by atoms with Gasteiger partial charge in [-0.3, -0.25) is 4.79 Å². The molecule has 1 N–H and O–H groups in total. The van der Waals surface area contributed by atoms with Gasteiger partial charge in [-0.1, -0.05) is 45.0 Å². The number of benzene rings is 1. The van der Waals surface area contributed by atoms with E-state index in [1.165, 1.54) is 5.56 Å². The van der Waals surface area contributed by atoms with Gasteiger partial charge < -0.3 is 5.32 Å². The Balaban J connectivity index is 2.44. The van der Waals surface area contributed by atoms with E-state index in [1.54, 1.807) is 0 Å². The van der Waals surface area contributed by atoms with Crippen molar-refractivity contribution in [3.63, 3.8) is 0 Å². The van der Waals surface area contributed by atoms with Crippen LogP contribution in [0.2, 0.25) is 0 Å². The highest BCUT2D eigenvalue weighted by atomic mass is 16.1. The van der Waals surface area contributed by atoms with Crippen LogP contribution in [-0.2, 0) is 11.2 Å². The number of hydrogen-bond acceptors (Lipinski definition) is 2. The second-order valence-electron chi connectivity index (χ2n) is 5.30. The van der Waals surface area contributed by atoms with Gasteiger partial charge in [0, 0.05) is 12.5 Å². The van der Waals surface area contributed by atoms with Gasteiger partial charge in [0.1, 0.15) is 0 Å². The van der Waals surface area contributed by atoms with E-state index < -0.39 is 0 Å². The topological polar surface area (TPSA) is 29.1 Å². The molecule has 0 saturated carbocycles. The van der Waals surface area contributed by atoms with Gasteiger partial charge in [-0.15, -0.1) is 0 Å². The monoisotopic (exact) mass is 247 g/mol. The molecule has 0 saturated heterocycles. The Hall–Kier alpha value is -1.15. The number of Topliss-reactive ketones (excluding diaryl/α,β-unsaturated/α-hetero) is 1. The molecule has 0 aliphatic carbocycles. The lowest BCUT2D eigenvalue weighted by atomic mass is 10.00. The van der Waals surface area contributed by atoms with Gasteiger partial charge >= 0.3 is 0 Å². The average molecular weight is 247 g/mol. The molecule has 0 spiro atoms. The van der Waals surface area contributed by atoms with E-state index >= 15 is 0 Å². The summed E-state index contributed by atoms with van der Waals surface area (Å²) in [5.41, 5.74) is 2.43. The molecule has 1 rings (SSSR count). The van der Waals surface area contributed by atoms with Crippen LogP contribution >= 0.6 is 0 Å². The third-order valence-electron chi connectivity index (χ3n) is 3.31. The number of carbonyl (C=O) groups is 1. The molecule has 0 radical (unpaired) electrons. The van der Waals surface area contributed by atoms with Crippen LogP contribution in [0.1, 0.15) is 51.2 Å². The van der Waals surface area contributed by atoms with Gasteiger partial charge in [0.25, 0.3) is 0 Å². The van der Waals surface area contributed by atoms with Crippen molar-refractivity contribution in [1.29, 1.82) is 0 Å². The second-order valence-corrected chi connectivity index (χ2v) is 5.30. The van der Waals surface area contributed by atoms with Gasteiger partial charge in [0.2, 0.25) is 0 Å². The summed E-state index contributed by atoms with van der Waals surface area (Å²) in [7, 11) is 0. The first-order valence-corrected chi connectivity index (χ1v) is 6.86. The van der Waals surface area contributed by atoms with Crippen molar-refractivity contribution in [3.8, 4) is 0 Å². The smallest absolute Gasteiger partial charge is 0.150 e. The van der Waals surface area contributed by atoms with E-state index in [1.807, 2.05) is 0 Å². The Morgan fingerprint density at radius 1 is 1.17 bits per heavy atom. The Labute approximate surface area is 111 Å². The zero-order valence-electron chi connectivity index (χ0n) is 12.0. The number of ketones is 1. The largest absolute Gasteiger partial charge is 0.307 e. The lowest BCUT2D eigenvalue weighted by Crippen LogP contribution is -2.31. The first-order valence-electron chi connectivity index (χ1n) is 6.86. The van der Waals surface area contributed by atoms with Crippen molar-refractivity contribution in [2.45, 2.75) is 52.5 Å². The molecule has 0 heterocycles. The molecule has 0 aliphatic rings. The summed E-state index contributed by atoms with van der Waals surface area (Å²) in [6.45, 7) is 9.05. The van der Waals surface area contributed by atoms with E-state index in [2.05, 4.69) is 57.3 Å². The molecule has 0 bridgehead atoms. The molecule has 100 valence electrons. The molecule has 0 amide bonds. The summed E-state index contributed by atoms with van der Waals surface area (Å²) >= 11 is 0. The third-order valence-corrected chi connectivity index (χ3v) is 3.31. The molecule has 0 aromatic heterocycles. The fourth-order valence-electron chi connectivity index (χ4n) is 1.74. The van der Waals surface area contributed by atoms with E-state index in [-0.39, 0.29) is 5.78 Å². The molecule has 1 atom stereocenters. The zero-order valence-corrected chi connectivity index (χ0v) is 12.0. The minimum atomic E-state index is 0.257. The Bertz CT molecular complexity index is 367. The maximum atomic E-state index is 11.8. The lowest BCUT2D eigenvalue weighted by Gasteiger charge is -2.10. The number of rotatable bonds is 7. The average Bonchev–Trinajstić information content (AvgIpc) is 2.36. The van der Waals surface area contributed by atoms with Crippen molar-refractivity contribution >= 4 is 5.78 Å². The van der Waals surface area contributed by atoms with Crippen LogP contribution in [0.4, 0.5) is 0 Å². The highest BCUT2D eigenvalue weighted by Crippen LogP contribution is 2.14. The SMILES string of the molecule is CCC(C)NCC(=O)Cc1ccc(C(C)C)cc1. The standard InChI is InChI=1S/C16H25NO/c1-5-13(4)17-11-16(18)10-14-6-8-15(9-7-14)12(2)3/h6-9,12-13,17H,5,10-11H2,1-4H3. The molecule has 1 unspecified atom stereocenters. The normalized spacial score (nSPS) is 12.7. The predicted molar refractivity (Wildman–Crippen MR) is 77.0 cm³/mol. The van der Waals surface area contributed by atoms with Crippen LogP contribution in [-0.4, -0.2) is 18.4 Å². The van der Waals surface area contributed by atoms with Crippen LogP contribution in [0, 0.1) is 0 Å². The Morgan fingerprint density at radius 2 is 1.78 bits per heavy atom. The molecule has 2 nitrogen and oxygen atoms in total. The van der Waals surface area contributed by atoms with E-state index in [4.69, 9.17) is 0 Å². The minimum absolute atomic E-state index is 0.257. The van der Waals surface area contributed by atoms with Crippen molar-refractivity contribution in [2.75, 3.05) is 6.54 Å². The first kappa shape index (κ1) is 14.9. The summed E-state index contributed by atoms with van der Waals surface area (Å²) in [4.78, 5) is 11.8. The van der Waals surface area contributed by atoms with Gasteiger partial charge in [-0.05, 0) is 30.4 Å². The fraction of sp³-hybridized carbons (Fsp3) is 0.562. The zero-order chi connectivity index (χ0) is 13.5. The molecule has 2 heteroatoms. The summed E-state index contributed by atoms with van der Waals surface area (Å²) in [6, 6.07) is 8.79. The van der Waals surface area contributed by atoms with Crippen molar-refractivity contribution in [2.24, 2.45) is 0 Å². The van der Waals surface area contributed by atoms with Gasteiger partial charge in [0.15, 0.2) is 5.78 Å². The maximum Gasteiger partial charge on any atom is 0.150 e. The van der Waals surface area contributed by atoms with Gasteiger partial charge in [0.05, 0.1) is 6.54 Å². The Kier molecular flexibility index (Phi) is 6.06. The predicted octanol–water partition coefficient (Wildman–Crippen LogP) is 3.31. The summed E-state index contributed by atoms with van der Waals surface area (Å²) < 4.78 is 0. The van der Waals surface area contributed by atoms with E-state index in [0.29, 0.717) is 24.9 Å². The van der Waals surface area contributed by atoms with Crippen LogP contribution < -0.4 is 5.32 Å². The maximum absolute atomic E-state index is 11.8. The van der Waals surface area contributed by atoms with E-state index in [0.717, 1.165) is 12.0 Å². The van der Waals surface area contributed by atoms with Crippen LogP contribution in [0.25, 0.3) is 0 Å². The van der Waals surface area contributed by atoms with Crippen molar-refractivity contribution in [3.05, 3.63) is 35.4 Å². The second kappa shape index (κ2) is 7.32. The lowest BCUT2D eigenvalue weighted by molar-refractivity contribution is -0.117. The Morgan fingerprint density at radius 3 is 2.28 bits per heavy atom. The summed E-state index contributed by atoms with van der Waals surface area (Å²) in [6.07, 6.45) is 1.58. The minimum Gasteiger partial charge on any atom is -0.307 e. The number of nitrogens with one attached hydrogen (secondary N) is 1. The third kappa shape index (κ3) is 5.01. The highest BCUT2D eigenvalue weighted by molar-refractivity contribution is 5.82. The molecule has 0 fully saturated rings. The highest BCUT2D eigenvalue weighted by Gasteiger charge is 2.06. The van der Waals surface area contributed by atoms with Crippen molar-refractivity contribution < 1.29 is 4.79 Å². The quantitative estimate of drug-likeness (QED) is 0.801.